The van der Waals surface area contributed by atoms with Gasteiger partial charge in [0.25, 0.3) is 0 Å². The number of amides is 1. The van der Waals surface area contributed by atoms with Crippen LogP contribution in [-0.2, 0) is 22.4 Å². The number of hydrogen-bond acceptors (Lipinski definition) is 4. The van der Waals surface area contributed by atoms with E-state index in [9.17, 15) is 9.59 Å². The van der Waals surface area contributed by atoms with Gasteiger partial charge in [-0.25, -0.2) is 9.97 Å². The first-order chi connectivity index (χ1) is 15.9. The number of rotatable bonds is 7. The van der Waals surface area contributed by atoms with Gasteiger partial charge >= 0.3 is 5.97 Å². The van der Waals surface area contributed by atoms with Gasteiger partial charge in [-0.2, -0.15) is 0 Å². The Labute approximate surface area is 199 Å². The lowest BCUT2D eigenvalue weighted by atomic mass is 10.1. The highest BCUT2D eigenvalue weighted by molar-refractivity contribution is 6.31. The summed E-state index contributed by atoms with van der Waals surface area (Å²) in [6.45, 7) is 0. The molecule has 0 bridgehead atoms. The molecule has 0 spiro atoms. The van der Waals surface area contributed by atoms with Crippen LogP contribution in [0.2, 0.25) is 10.2 Å². The molecule has 0 aliphatic rings. The Kier molecular flexibility index (Phi) is 6.72. The summed E-state index contributed by atoms with van der Waals surface area (Å²) in [5, 5.41) is 12.7. The SMILES string of the molecule is O=C(O)Cc1c(Cl)nc(Cc2ccc(NC(=O)C=Cc3ccc(Cl)cc3)cc2)n2ccnc12. The zero-order chi connectivity index (χ0) is 23.4. The number of carbonyl (C=O) groups is 2. The van der Waals surface area contributed by atoms with Crippen molar-refractivity contribution in [3.05, 3.63) is 99.7 Å². The molecular formula is C24H18Cl2N4O3. The van der Waals surface area contributed by atoms with E-state index < -0.39 is 5.97 Å². The van der Waals surface area contributed by atoms with Crippen molar-refractivity contribution in [3.8, 4) is 0 Å². The summed E-state index contributed by atoms with van der Waals surface area (Å²) >= 11 is 12.1. The molecule has 0 fully saturated rings. The molecule has 2 aromatic carbocycles. The molecule has 1 amide bonds. The average molecular weight is 481 g/mol. The average Bonchev–Trinajstić information content (AvgIpc) is 3.27. The maximum atomic E-state index is 12.2. The Bertz CT molecular complexity index is 1350. The number of carbonyl (C=O) groups excluding carboxylic acids is 1. The summed E-state index contributed by atoms with van der Waals surface area (Å²) in [6, 6.07) is 14.5. The summed E-state index contributed by atoms with van der Waals surface area (Å²) in [5.74, 6) is -0.624. The Hall–Kier alpha value is -3.68. The van der Waals surface area contributed by atoms with Crippen LogP contribution < -0.4 is 5.32 Å². The number of hydrogen-bond donors (Lipinski definition) is 2. The number of benzene rings is 2. The van der Waals surface area contributed by atoms with E-state index in [-0.39, 0.29) is 17.5 Å². The van der Waals surface area contributed by atoms with Gasteiger partial charge < -0.3 is 10.4 Å². The monoisotopic (exact) mass is 480 g/mol. The predicted octanol–water partition coefficient (Wildman–Crippen LogP) is 4.91. The van der Waals surface area contributed by atoms with Gasteiger partial charge in [0.05, 0.1) is 6.42 Å². The molecule has 4 rings (SSSR count). The minimum absolute atomic E-state index is 0.127. The van der Waals surface area contributed by atoms with E-state index >= 15 is 0 Å². The van der Waals surface area contributed by atoms with Crippen molar-refractivity contribution in [3.63, 3.8) is 0 Å². The second-order valence-corrected chi connectivity index (χ2v) is 8.03. The van der Waals surface area contributed by atoms with Gasteiger partial charge in [-0.15, -0.1) is 0 Å². The van der Waals surface area contributed by atoms with E-state index in [4.69, 9.17) is 28.3 Å². The standard InChI is InChI=1S/C24H18Cl2N4O3/c25-17-6-1-15(2-7-17)5-10-21(31)28-18-8-3-16(4-9-18)13-20-29-23(26)19(14-22(32)33)24-27-11-12-30(20)24/h1-12H,13-14H2,(H,28,31)(H,32,33). The van der Waals surface area contributed by atoms with Crippen LogP contribution in [0.1, 0.15) is 22.5 Å². The van der Waals surface area contributed by atoms with Crippen molar-refractivity contribution in [2.24, 2.45) is 0 Å². The smallest absolute Gasteiger partial charge is 0.308 e. The van der Waals surface area contributed by atoms with Crippen LogP contribution in [0.4, 0.5) is 5.69 Å². The van der Waals surface area contributed by atoms with Gasteiger partial charge in [-0.1, -0.05) is 47.5 Å². The van der Waals surface area contributed by atoms with Crippen molar-refractivity contribution >= 4 is 52.5 Å². The summed E-state index contributed by atoms with van der Waals surface area (Å²) < 4.78 is 1.74. The third-order valence-electron chi connectivity index (χ3n) is 4.87. The van der Waals surface area contributed by atoms with Gasteiger partial charge in [-0.3, -0.25) is 14.0 Å². The van der Waals surface area contributed by atoms with Crippen LogP contribution in [0, 0.1) is 0 Å². The van der Waals surface area contributed by atoms with Gasteiger partial charge in [0.1, 0.15) is 16.6 Å². The number of halogens is 2. The molecule has 0 atom stereocenters. The molecule has 0 saturated carbocycles. The second-order valence-electron chi connectivity index (χ2n) is 7.24. The number of aromatic nitrogens is 3. The Balaban J connectivity index is 1.45. The van der Waals surface area contributed by atoms with E-state index in [0.717, 1.165) is 11.1 Å². The maximum Gasteiger partial charge on any atom is 0.308 e. The molecule has 2 N–H and O–H groups in total. The lowest BCUT2D eigenvalue weighted by molar-refractivity contribution is -0.136. The zero-order valence-corrected chi connectivity index (χ0v) is 18.7. The lowest BCUT2D eigenvalue weighted by Crippen LogP contribution is -2.10. The highest BCUT2D eigenvalue weighted by Gasteiger charge is 2.16. The van der Waals surface area contributed by atoms with Crippen LogP contribution >= 0.6 is 23.2 Å². The number of nitrogens with zero attached hydrogens (tertiary/aromatic N) is 3. The molecule has 2 heterocycles. The van der Waals surface area contributed by atoms with Gasteiger partial charge in [0.15, 0.2) is 0 Å². The minimum atomic E-state index is -1.00. The fraction of sp³-hybridized carbons (Fsp3) is 0.0833. The molecule has 9 heteroatoms. The normalized spacial score (nSPS) is 11.2. The van der Waals surface area contributed by atoms with Crippen molar-refractivity contribution in [1.82, 2.24) is 14.4 Å². The van der Waals surface area contributed by atoms with Gasteiger partial charge in [-0.05, 0) is 41.5 Å². The minimum Gasteiger partial charge on any atom is -0.481 e. The van der Waals surface area contributed by atoms with Gasteiger partial charge in [0.2, 0.25) is 5.91 Å². The van der Waals surface area contributed by atoms with Crippen molar-refractivity contribution in [2.45, 2.75) is 12.8 Å². The van der Waals surface area contributed by atoms with E-state index in [1.165, 1.54) is 6.08 Å². The van der Waals surface area contributed by atoms with Crippen LogP contribution in [0.25, 0.3) is 11.7 Å². The summed E-state index contributed by atoms with van der Waals surface area (Å²) in [5.41, 5.74) is 3.32. The van der Waals surface area contributed by atoms with Crippen LogP contribution in [0.5, 0.6) is 0 Å². The molecule has 33 heavy (non-hydrogen) atoms. The van der Waals surface area contributed by atoms with Crippen LogP contribution in [0.3, 0.4) is 0 Å². The molecule has 0 unspecified atom stereocenters. The molecular weight excluding hydrogens is 463 g/mol. The maximum absolute atomic E-state index is 12.2. The summed E-state index contributed by atoms with van der Waals surface area (Å²) in [7, 11) is 0. The first-order valence-corrected chi connectivity index (χ1v) is 10.7. The molecule has 0 radical (unpaired) electrons. The first-order valence-electron chi connectivity index (χ1n) is 9.95. The molecule has 2 aromatic heterocycles. The number of anilines is 1. The Morgan fingerprint density at radius 1 is 1.06 bits per heavy atom. The highest BCUT2D eigenvalue weighted by Crippen LogP contribution is 2.22. The number of carboxylic acid groups (broad SMARTS) is 1. The highest BCUT2D eigenvalue weighted by atomic mass is 35.5. The molecule has 4 aromatic rings. The zero-order valence-electron chi connectivity index (χ0n) is 17.2. The number of nitrogens with one attached hydrogen (secondary N) is 1. The quantitative estimate of drug-likeness (QED) is 0.289. The molecule has 0 saturated heterocycles. The number of aliphatic carboxylic acids is 1. The van der Waals surface area contributed by atoms with E-state index in [1.807, 2.05) is 24.3 Å². The number of fused-ring (bicyclic) bond motifs is 1. The first kappa shape index (κ1) is 22.5. The number of carboxylic acids is 1. The van der Waals surface area contributed by atoms with E-state index in [0.29, 0.717) is 34.2 Å². The topological polar surface area (TPSA) is 96.6 Å². The second kappa shape index (κ2) is 9.85. The van der Waals surface area contributed by atoms with Crippen molar-refractivity contribution < 1.29 is 14.7 Å². The molecule has 0 aliphatic heterocycles. The Morgan fingerprint density at radius 3 is 2.48 bits per heavy atom. The largest absolute Gasteiger partial charge is 0.481 e. The van der Waals surface area contributed by atoms with E-state index in [2.05, 4.69) is 15.3 Å². The summed E-state index contributed by atoms with van der Waals surface area (Å²) in [6.07, 6.45) is 6.66. The fourth-order valence-electron chi connectivity index (χ4n) is 3.31. The van der Waals surface area contributed by atoms with Crippen molar-refractivity contribution in [2.75, 3.05) is 5.32 Å². The van der Waals surface area contributed by atoms with Gasteiger partial charge in [0, 0.05) is 41.2 Å². The van der Waals surface area contributed by atoms with E-state index in [1.54, 1.807) is 47.1 Å². The van der Waals surface area contributed by atoms with Crippen LogP contribution in [0.15, 0.2) is 67.0 Å². The third kappa shape index (κ3) is 5.58. The predicted molar refractivity (Wildman–Crippen MR) is 128 cm³/mol. The molecule has 7 nitrogen and oxygen atoms in total. The third-order valence-corrected chi connectivity index (χ3v) is 5.44. The van der Waals surface area contributed by atoms with Crippen molar-refractivity contribution in [1.29, 1.82) is 0 Å². The molecule has 0 aliphatic carbocycles. The molecule has 166 valence electrons. The summed E-state index contributed by atoms with van der Waals surface area (Å²) in [4.78, 5) is 32.0. The lowest BCUT2D eigenvalue weighted by Gasteiger charge is -2.10. The Morgan fingerprint density at radius 2 is 1.79 bits per heavy atom. The number of imidazole rings is 1. The van der Waals surface area contributed by atoms with Crippen LogP contribution in [-0.4, -0.2) is 31.4 Å². The fourth-order valence-corrected chi connectivity index (χ4v) is 3.68.